The minimum absolute atomic E-state index is 0.0946. The van der Waals surface area contributed by atoms with Gasteiger partial charge in [-0.1, -0.05) is 45.7 Å². The zero-order valence-electron chi connectivity index (χ0n) is 12.4. The summed E-state index contributed by atoms with van der Waals surface area (Å²) in [4.78, 5) is 14.0. The van der Waals surface area contributed by atoms with Crippen molar-refractivity contribution in [2.24, 2.45) is 0 Å². The Morgan fingerprint density at radius 1 is 1.23 bits per heavy atom. The number of halogens is 2. The fraction of sp³-hybridized carbons (Fsp3) is 0.235. The molecule has 0 aliphatic rings. The highest BCUT2D eigenvalue weighted by Gasteiger charge is 2.19. The third kappa shape index (κ3) is 4.49. The Balaban J connectivity index is 1.97. The third-order valence-corrected chi connectivity index (χ3v) is 4.11. The van der Waals surface area contributed by atoms with Gasteiger partial charge in [0.2, 0.25) is 0 Å². The van der Waals surface area contributed by atoms with Gasteiger partial charge in [0.25, 0.3) is 5.91 Å². The molecule has 0 aliphatic carbocycles. The molecule has 0 spiro atoms. The van der Waals surface area contributed by atoms with Crippen LogP contribution in [0.4, 0.5) is 0 Å². The number of likely N-dealkylation sites (N-methyl/N-ethyl adjacent to an activating group) is 1. The summed E-state index contributed by atoms with van der Waals surface area (Å²) >= 11 is 9.49. The maximum absolute atomic E-state index is 12.4. The lowest BCUT2D eigenvalue weighted by atomic mass is 10.2. The highest BCUT2D eigenvalue weighted by atomic mass is 79.9. The van der Waals surface area contributed by atoms with Crippen molar-refractivity contribution in [2.45, 2.75) is 19.6 Å². The van der Waals surface area contributed by atoms with Crippen LogP contribution >= 0.6 is 27.5 Å². The first-order valence-electron chi connectivity index (χ1n) is 6.88. The van der Waals surface area contributed by atoms with E-state index in [4.69, 9.17) is 16.3 Å². The Labute approximate surface area is 144 Å². The van der Waals surface area contributed by atoms with E-state index >= 15 is 0 Å². The maximum Gasteiger partial charge on any atom is 0.263 e. The van der Waals surface area contributed by atoms with E-state index in [0.29, 0.717) is 17.3 Å². The summed E-state index contributed by atoms with van der Waals surface area (Å²) in [6.45, 7) is 2.19. The number of carbonyl (C=O) groups is 1. The molecule has 0 saturated carbocycles. The number of hydrogen-bond acceptors (Lipinski definition) is 2. The number of hydrogen-bond donors (Lipinski definition) is 0. The van der Waals surface area contributed by atoms with Crippen molar-refractivity contribution in [3.8, 4) is 5.75 Å². The average molecular weight is 383 g/mol. The maximum atomic E-state index is 12.4. The smallest absolute Gasteiger partial charge is 0.263 e. The van der Waals surface area contributed by atoms with E-state index < -0.39 is 6.10 Å². The summed E-state index contributed by atoms with van der Waals surface area (Å²) in [5.74, 6) is 0.568. The average Bonchev–Trinajstić information content (AvgIpc) is 2.51. The summed E-state index contributed by atoms with van der Waals surface area (Å²) in [7, 11) is 1.74. The first-order valence-corrected chi connectivity index (χ1v) is 8.05. The van der Waals surface area contributed by atoms with Crippen molar-refractivity contribution in [3.05, 3.63) is 63.6 Å². The number of benzene rings is 2. The molecule has 0 aromatic heterocycles. The Kier molecular flexibility index (Phi) is 5.86. The molecule has 1 atom stereocenters. The zero-order chi connectivity index (χ0) is 16.1. The Morgan fingerprint density at radius 3 is 2.50 bits per heavy atom. The minimum Gasteiger partial charge on any atom is -0.481 e. The van der Waals surface area contributed by atoms with E-state index in [1.54, 1.807) is 18.9 Å². The molecule has 22 heavy (non-hydrogen) atoms. The summed E-state index contributed by atoms with van der Waals surface area (Å²) < 4.78 is 6.64. The molecule has 3 nitrogen and oxygen atoms in total. The van der Waals surface area contributed by atoms with Crippen LogP contribution < -0.4 is 4.74 Å². The number of rotatable bonds is 5. The quantitative estimate of drug-likeness (QED) is 0.760. The van der Waals surface area contributed by atoms with Gasteiger partial charge in [-0.2, -0.15) is 0 Å². The molecule has 1 amide bonds. The molecule has 5 heteroatoms. The Hall–Kier alpha value is -1.52. The van der Waals surface area contributed by atoms with Crippen LogP contribution in [0.15, 0.2) is 53.0 Å². The second kappa shape index (κ2) is 7.65. The van der Waals surface area contributed by atoms with E-state index in [2.05, 4.69) is 15.9 Å². The third-order valence-electron chi connectivity index (χ3n) is 3.22. The monoisotopic (exact) mass is 381 g/mol. The highest BCUT2D eigenvalue weighted by molar-refractivity contribution is 9.10. The molecule has 2 rings (SSSR count). The van der Waals surface area contributed by atoms with Gasteiger partial charge in [0.05, 0.1) is 0 Å². The van der Waals surface area contributed by atoms with Crippen molar-refractivity contribution in [1.82, 2.24) is 4.90 Å². The normalized spacial score (nSPS) is 11.8. The van der Waals surface area contributed by atoms with Crippen LogP contribution in [0.3, 0.4) is 0 Å². The molecule has 0 heterocycles. The molecule has 0 bridgehead atoms. The molecule has 2 aromatic carbocycles. The van der Waals surface area contributed by atoms with Crippen LogP contribution in [0, 0.1) is 0 Å². The molecule has 0 radical (unpaired) electrons. The summed E-state index contributed by atoms with van der Waals surface area (Å²) in [6.07, 6.45) is -0.561. The standard InChI is InChI=1S/C17H17BrClNO2/c1-12(22-15-9-7-14(18)8-10-15)17(21)20(2)11-13-5-3-4-6-16(13)19/h3-10,12H,11H2,1-2H3. The van der Waals surface area contributed by atoms with Gasteiger partial charge in [-0.3, -0.25) is 4.79 Å². The van der Waals surface area contributed by atoms with Crippen LogP contribution in [-0.2, 0) is 11.3 Å². The Morgan fingerprint density at radius 2 is 1.86 bits per heavy atom. The van der Waals surface area contributed by atoms with Gasteiger partial charge in [0, 0.05) is 23.1 Å². The predicted molar refractivity (Wildman–Crippen MR) is 92.2 cm³/mol. The highest BCUT2D eigenvalue weighted by Crippen LogP contribution is 2.19. The first-order chi connectivity index (χ1) is 10.5. The molecule has 2 aromatic rings. The van der Waals surface area contributed by atoms with Gasteiger partial charge in [0.15, 0.2) is 6.10 Å². The van der Waals surface area contributed by atoms with Crippen molar-refractivity contribution in [3.63, 3.8) is 0 Å². The van der Waals surface area contributed by atoms with Crippen molar-refractivity contribution in [1.29, 1.82) is 0 Å². The van der Waals surface area contributed by atoms with Crippen molar-refractivity contribution >= 4 is 33.4 Å². The topological polar surface area (TPSA) is 29.5 Å². The van der Waals surface area contributed by atoms with Gasteiger partial charge < -0.3 is 9.64 Å². The van der Waals surface area contributed by atoms with Crippen LogP contribution in [0.1, 0.15) is 12.5 Å². The summed E-state index contributed by atoms with van der Waals surface area (Å²) in [6, 6.07) is 14.9. The largest absolute Gasteiger partial charge is 0.481 e. The minimum atomic E-state index is -0.561. The van der Waals surface area contributed by atoms with Crippen molar-refractivity contribution in [2.75, 3.05) is 7.05 Å². The SMILES string of the molecule is CC(Oc1ccc(Br)cc1)C(=O)N(C)Cc1ccccc1Cl. The second-order valence-electron chi connectivity index (χ2n) is 5.00. The molecule has 1 unspecified atom stereocenters. The lowest BCUT2D eigenvalue weighted by Gasteiger charge is -2.22. The molecule has 0 N–H and O–H groups in total. The molecular formula is C17H17BrClNO2. The van der Waals surface area contributed by atoms with E-state index in [9.17, 15) is 4.79 Å². The summed E-state index contributed by atoms with van der Waals surface area (Å²) in [5.41, 5.74) is 0.913. The summed E-state index contributed by atoms with van der Waals surface area (Å²) in [5, 5.41) is 0.656. The number of nitrogens with zero attached hydrogens (tertiary/aromatic N) is 1. The Bertz CT molecular complexity index is 645. The van der Waals surface area contributed by atoms with Gasteiger partial charge in [-0.15, -0.1) is 0 Å². The van der Waals surface area contributed by atoms with Crippen LogP contribution in [0.5, 0.6) is 5.75 Å². The number of carbonyl (C=O) groups excluding carboxylic acids is 1. The van der Waals surface area contributed by atoms with Crippen LogP contribution in [0.25, 0.3) is 0 Å². The molecular weight excluding hydrogens is 366 g/mol. The van der Waals surface area contributed by atoms with Gasteiger partial charge >= 0.3 is 0 Å². The van der Waals surface area contributed by atoms with Crippen LogP contribution in [-0.4, -0.2) is 24.0 Å². The number of ether oxygens (including phenoxy) is 1. The predicted octanol–water partition coefficient (Wildman–Crippen LogP) is 4.53. The van der Waals surface area contributed by atoms with Crippen molar-refractivity contribution < 1.29 is 9.53 Å². The van der Waals surface area contributed by atoms with E-state index in [1.165, 1.54) is 0 Å². The van der Waals surface area contributed by atoms with Gasteiger partial charge in [-0.25, -0.2) is 0 Å². The number of amides is 1. The molecule has 116 valence electrons. The zero-order valence-corrected chi connectivity index (χ0v) is 14.8. The first kappa shape index (κ1) is 16.8. The van der Waals surface area contributed by atoms with Gasteiger partial charge in [-0.05, 0) is 42.8 Å². The lowest BCUT2D eigenvalue weighted by Crippen LogP contribution is -2.37. The molecule has 0 fully saturated rings. The van der Waals surface area contributed by atoms with E-state index in [1.807, 2.05) is 48.5 Å². The van der Waals surface area contributed by atoms with E-state index in [-0.39, 0.29) is 5.91 Å². The molecule has 0 saturated heterocycles. The van der Waals surface area contributed by atoms with Crippen LogP contribution in [0.2, 0.25) is 5.02 Å². The fourth-order valence-corrected chi connectivity index (χ4v) is 2.50. The molecule has 0 aliphatic heterocycles. The van der Waals surface area contributed by atoms with E-state index in [0.717, 1.165) is 10.0 Å². The second-order valence-corrected chi connectivity index (χ2v) is 6.32. The van der Waals surface area contributed by atoms with Gasteiger partial charge in [0.1, 0.15) is 5.75 Å². The fourth-order valence-electron chi connectivity index (χ4n) is 2.04. The lowest BCUT2D eigenvalue weighted by molar-refractivity contribution is -0.137.